The van der Waals surface area contributed by atoms with E-state index in [-0.39, 0.29) is 10.8 Å². The molecule has 1 saturated carbocycles. The average Bonchev–Trinajstić information content (AvgIpc) is 2.58. The van der Waals surface area contributed by atoms with Gasteiger partial charge in [-0.25, -0.2) is 4.39 Å². The molecule has 2 atom stereocenters. The van der Waals surface area contributed by atoms with Crippen LogP contribution in [0.2, 0.25) is 5.02 Å². The minimum Gasteiger partial charge on any atom is -0.382 e. The molecule has 82 valence electrons. The topological polar surface area (TPSA) is 38.0 Å². The minimum absolute atomic E-state index is 0.155. The molecule has 1 fully saturated rings. The Labute approximate surface area is 93.6 Å². The molecular formula is C11H14ClFN2. The van der Waals surface area contributed by atoms with Crippen molar-refractivity contribution in [3.8, 4) is 0 Å². The van der Waals surface area contributed by atoms with Crippen LogP contribution < -0.4 is 11.1 Å². The summed E-state index contributed by atoms with van der Waals surface area (Å²) >= 11 is 5.69. The number of hydrogen-bond acceptors (Lipinski definition) is 2. The molecule has 0 aliphatic heterocycles. The lowest BCUT2D eigenvalue weighted by atomic mass is 10.2. The van der Waals surface area contributed by atoms with E-state index in [0.29, 0.717) is 12.1 Å². The van der Waals surface area contributed by atoms with Crippen molar-refractivity contribution in [2.24, 2.45) is 5.73 Å². The molecule has 0 bridgehead atoms. The van der Waals surface area contributed by atoms with E-state index in [0.717, 1.165) is 24.9 Å². The molecular weight excluding hydrogens is 215 g/mol. The van der Waals surface area contributed by atoms with Crippen LogP contribution in [0.25, 0.3) is 0 Å². The van der Waals surface area contributed by atoms with Gasteiger partial charge in [-0.1, -0.05) is 11.6 Å². The zero-order valence-corrected chi connectivity index (χ0v) is 9.10. The lowest BCUT2D eigenvalue weighted by molar-refractivity contribution is 0.628. The molecule has 0 amide bonds. The van der Waals surface area contributed by atoms with Crippen LogP contribution >= 0.6 is 11.6 Å². The fourth-order valence-corrected chi connectivity index (χ4v) is 2.15. The Balaban J connectivity index is 2.02. The van der Waals surface area contributed by atoms with E-state index in [1.165, 1.54) is 6.07 Å². The van der Waals surface area contributed by atoms with E-state index in [1.807, 2.05) is 0 Å². The molecule has 1 aliphatic rings. The largest absolute Gasteiger partial charge is 0.382 e. The van der Waals surface area contributed by atoms with E-state index in [2.05, 4.69) is 5.32 Å². The standard InChI is InChI=1S/C11H14ClFN2/c12-10-6-9(3-4-11(10)13)15-8-2-1-7(14)5-8/h3-4,6-8,15H,1-2,5,14H2. The van der Waals surface area contributed by atoms with Crippen LogP contribution in [0.5, 0.6) is 0 Å². The Hall–Kier alpha value is -0.800. The minimum atomic E-state index is -0.384. The van der Waals surface area contributed by atoms with Gasteiger partial charge in [-0.2, -0.15) is 0 Å². The van der Waals surface area contributed by atoms with Crippen LogP contribution in [0.4, 0.5) is 10.1 Å². The van der Waals surface area contributed by atoms with E-state index < -0.39 is 0 Å². The lowest BCUT2D eigenvalue weighted by Crippen LogP contribution is -2.20. The summed E-state index contributed by atoms with van der Waals surface area (Å²) in [4.78, 5) is 0. The number of nitrogens with two attached hydrogens (primary N) is 1. The van der Waals surface area contributed by atoms with Crippen molar-refractivity contribution in [2.45, 2.75) is 31.3 Å². The molecule has 0 heterocycles. The highest BCUT2D eigenvalue weighted by Gasteiger charge is 2.21. The van der Waals surface area contributed by atoms with Crippen LogP contribution in [-0.4, -0.2) is 12.1 Å². The zero-order valence-electron chi connectivity index (χ0n) is 8.34. The second kappa shape index (κ2) is 4.37. The maximum atomic E-state index is 12.9. The molecule has 4 heteroatoms. The number of benzene rings is 1. The van der Waals surface area contributed by atoms with Crippen molar-refractivity contribution in [1.82, 2.24) is 0 Å². The van der Waals surface area contributed by atoms with Crippen LogP contribution in [0.3, 0.4) is 0 Å². The Morgan fingerprint density at radius 3 is 2.80 bits per heavy atom. The van der Waals surface area contributed by atoms with Crippen molar-refractivity contribution in [2.75, 3.05) is 5.32 Å². The molecule has 1 aromatic rings. The molecule has 15 heavy (non-hydrogen) atoms. The van der Waals surface area contributed by atoms with Crippen LogP contribution in [0, 0.1) is 5.82 Å². The third kappa shape index (κ3) is 2.61. The van der Waals surface area contributed by atoms with Gasteiger partial charge in [-0.15, -0.1) is 0 Å². The number of hydrogen-bond donors (Lipinski definition) is 2. The van der Waals surface area contributed by atoms with Crippen molar-refractivity contribution in [3.63, 3.8) is 0 Å². The van der Waals surface area contributed by atoms with E-state index in [9.17, 15) is 4.39 Å². The van der Waals surface area contributed by atoms with Gasteiger partial charge in [-0.3, -0.25) is 0 Å². The van der Waals surface area contributed by atoms with Crippen molar-refractivity contribution >= 4 is 17.3 Å². The molecule has 0 aromatic heterocycles. The maximum Gasteiger partial charge on any atom is 0.141 e. The normalized spacial score (nSPS) is 25.5. The van der Waals surface area contributed by atoms with Crippen LogP contribution in [0.15, 0.2) is 18.2 Å². The maximum absolute atomic E-state index is 12.9. The lowest BCUT2D eigenvalue weighted by Gasteiger charge is -2.14. The summed E-state index contributed by atoms with van der Waals surface area (Å²) in [5.41, 5.74) is 6.67. The highest BCUT2D eigenvalue weighted by atomic mass is 35.5. The average molecular weight is 229 g/mol. The summed E-state index contributed by atoms with van der Waals surface area (Å²) in [7, 11) is 0. The van der Waals surface area contributed by atoms with Crippen molar-refractivity contribution < 1.29 is 4.39 Å². The molecule has 2 rings (SSSR count). The highest BCUT2D eigenvalue weighted by molar-refractivity contribution is 6.31. The number of halogens is 2. The molecule has 2 unspecified atom stereocenters. The Kier molecular flexibility index (Phi) is 3.12. The van der Waals surface area contributed by atoms with Crippen LogP contribution in [-0.2, 0) is 0 Å². The SMILES string of the molecule is NC1CCC(Nc2ccc(F)c(Cl)c2)C1. The number of rotatable bonds is 2. The molecule has 0 radical (unpaired) electrons. The van der Waals surface area contributed by atoms with Gasteiger partial charge in [0.1, 0.15) is 5.82 Å². The van der Waals surface area contributed by atoms with Crippen LogP contribution in [0.1, 0.15) is 19.3 Å². The van der Waals surface area contributed by atoms with E-state index in [4.69, 9.17) is 17.3 Å². The Morgan fingerprint density at radius 1 is 1.40 bits per heavy atom. The Bertz CT molecular complexity index is 356. The van der Waals surface area contributed by atoms with Gasteiger partial charge in [0.25, 0.3) is 0 Å². The third-order valence-electron chi connectivity index (χ3n) is 2.76. The summed E-state index contributed by atoms with van der Waals surface area (Å²) in [6.07, 6.45) is 3.08. The van der Waals surface area contributed by atoms with Crippen molar-refractivity contribution in [1.29, 1.82) is 0 Å². The van der Waals surface area contributed by atoms with E-state index >= 15 is 0 Å². The fourth-order valence-electron chi connectivity index (χ4n) is 1.97. The summed E-state index contributed by atoms with van der Waals surface area (Å²) in [5, 5.41) is 3.46. The van der Waals surface area contributed by atoms with Gasteiger partial charge in [0, 0.05) is 17.8 Å². The second-order valence-electron chi connectivity index (χ2n) is 4.04. The summed E-state index contributed by atoms with van der Waals surface area (Å²) < 4.78 is 12.9. The van der Waals surface area contributed by atoms with Gasteiger partial charge in [0.15, 0.2) is 0 Å². The van der Waals surface area contributed by atoms with Gasteiger partial charge in [-0.05, 0) is 37.5 Å². The molecule has 0 saturated heterocycles. The van der Waals surface area contributed by atoms with Crippen molar-refractivity contribution in [3.05, 3.63) is 29.0 Å². The molecule has 1 aliphatic carbocycles. The first-order valence-corrected chi connectivity index (χ1v) is 5.50. The van der Waals surface area contributed by atoms with Gasteiger partial charge >= 0.3 is 0 Å². The molecule has 3 N–H and O–H groups in total. The molecule has 2 nitrogen and oxygen atoms in total. The Morgan fingerprint density at radius 2 is 2.20 bits per heavy atom. The zero-order chi connectivity index (χ0) is 10.8. The predicted octanol–water partition coefficient (Wildman–Crippen LogP) is 2.77. The monoisotopic (exact) mass is 228 g/mol. The van der Waals surface area contributed by atoms with Gasteiger partial charge in [0.05, 0.1) is 5.02 Å². The molecule has 0 spiro atoms. The first kappa shape index (κ1) is 10.7. The summed E-state index contributed by atoms with van der Waals surface area (Å²) in [5.74, 6) is -0.384. The highest BCUT2D eigenvalue weighted by Crippen LogP contribution is 2.24. The summed E-state index contributed by atoms with van der Waals surface area (Å²) in [6.45, 7) is 0. The number of nitrogens with one attached hydrogen (secondary N) is 1. The first-order chi connectivity index (χ1) is 7.15. The van der Waals surface area contributed by atoms with Gasteiger partial charge in [0.2, 0.25) is 0 Å². The first-order valence-electron chi connectivity index (χ1n) is 5.12. The molecule has 1 aromatic carbocycles. The fraction of sp³-hybridized carbons (Fsp3) is 0.455. The third-order valence-corrected chi connectivity index (χ3v) is 3.05. The smallest absolute Gasteiger partial charge is 0.141 e. The second-order valence-corrected chi connectivity index (χ2v) is 4.45. The predicted molar refractivity (Wildman–Crippen MR) is 60.6 cm³/mol. The quantitative estimate of drug-likeness (QED) is 0.817. The van der Waals surface area contributed by atoms with E-state index in [1.54, 1.807) is 12.1 Å². The van der Waals surface area contributed by atoms with Gasteiger partial charge < -0.3 is 11.1 Å². The summed E-state index contributed by atoms with van der Waals surface area (Å²) in [6, 6.07) is 5.37. The number of anilines is 1.